The molecular weight excluding hydrogens is 286 g/mol. The van der Waals surface area contributed by atoms with Gasteiger partial charge in [0, 0.05) is 17.1 Å². The molecule has 1 atom stereocenters. The molecule has 1 N–H and O–H groups in total. The third-order valence-corrected chi connectivity index (χ3v) is 4.37. The van der Waals surface area contributed by atoms with Gasteiger partial charge in [0.15, 0.2) is 11.5 Å². The molecule has 118 valence electrons. The Morgan fingerprint density at radius 1 is 1.14 bits per heavy atom. The van der Waals surface area contributed by atoms with Crippen molar-refractivity contribution in [2.24, 2.45) is 5.92 Å². The van der Waals surface area contributed by atoms with Crippen LogP contribution < -0.4 is 14.8 Å². The predicted molar refractivity (Wildman–Crippen MR) is 87.5 cm³/mol. The topological polar surface area (TPSA) is 30.5 Å². The van der Waals surface area contributed by atoms with E-state index in [0.29, 0.717) is 25.2 Å². The Labute approximate surface area is 133 Å². The van der Waals surface area contributed by atoms with Crippen molar-refractivity contribution in [1.29, 1.82) is 0 Å². The molecule has 0 heterocycles. The van der Waals surface area contributed by atoms with Crippen LogP contribution in [0.2, 0.25) is 5.02 Å². The van der Waals surface area contributed by atoms with Crippen molar-refractivity contribution < 1.29 is 9.47 Å². The van der Waals surface area contributed by atoms with Gasteiger partial charge in [0.25, 0.3) is 0 Å². The molecule has 1 aromatic rings. The smallest absolute Gasteiger partial charge is 0.162 e. The van der Waals surface area contributed by atoms with E-state index in [0.717, 1.165) is 28.6 Å². The van der Waals surface area contributed by atoms with Gasteiger partial charge in [-0.05, 0) is 50.8 Å². The molecule has 1 fully saturated rings. The number of halogens is 1. The molecule has 3 nitrogen and oxygen atoms in total. The monoisotopic (exact) mass is 311 g/mol. The zero-order valence-corrected chi connectivity index (χ0v) is 14.0. The van der Waals surface area contributed by atoms with Gasteiger partial charge >= 0.3 is 0 Å². The highest BCUT2D eigenvalue weighted by molar-refractivity contribution is 6.31. The number of hydrogen-bond donors (Lipinski definition) is 1. The number of ether oxygens (including phenoxy) is 2. The molecule has 1 aliphatic rings. The summed E-state index contributed by atoms with van der Waals surface area (Å²) in [4.78, 5) is 0. The lowest BCUT2D eigenvalue weighted by molar-refractivity contribution is 0.232. The summed E-state index contributed by atoms with van der Waals surface area (Å²) >= 11 is 6.52. The molecule has 1 aliphatic carbocycles. The Morgan fingerprint density at radius 2 is 1.76 bits per heavy atom. The summed E-state index contributed by atoms with van der Waals surface area (Å²) < 4.78 is 11.4. The maximum Gasteiger partial charge on any atom is 0.162 e. The van der Waals surface area contributed by atoms with Crippen molar-refractivity contribution >= 4 is 11.6 Å². The Balaban J connectivity index is 2.33. The summed E-state index contributed by atoms with van der Waals surface area (Å²) in [6.45, 7) is 8.25. The standard InChI is InChI=1S/C17H26ClNO2/c1-4-19-17(12-8-7-9-12)13-10-15(20-5-2)16(21-6-3)11-14(13)18/h10-12,17,19H,4-9H2,1-3H3. The second-order valence-corrected chi connectivity index (χ2v) is 5.82. The number of hydrogen-bond acceptors (Lipinski definition) is 3. The van der Waals surface area contributed by atoms with Crippen LogP contribution in [0.25, 0.3) is 0 Å². The predicted octanol–water partition coefficient (Wildman–Crippen LogP) is 4.59. The van der Waals surface area contributed by atoms with Crippen molar-refractivity contribution in [1.82, 2.24) is 5.32 Å². The first-order chi connectivity index (χ1) is 10.2. The van der Waals surface area contributed by atoms with Crippen molar-refractivity contribution in [3.05, 3.63) is 22.7 Å². The van der Waals surface area contributed by atoms with E-state index in [1.807, 2.05) is 19.9 Å². The van der Waals surface area contributed by atoms with Gasteiger partial charge in [0.05, 0.1) is 13.2 Å². The molecule has 0 aromatic heterocycles. The average Bonchev–Trinajstić information content (AvgIpc) is 2.40. The molecule has 1 unspecified atom stereocenters. The van der Waals surface area contributed by atoms with E-state index in [2.05, 4.69) is 18.3 Å². The molecule has 0 radical (unpaired) electrons. The first-order valence-electron chi connectivity index (χ1n) is 8.03. The fraction of sp³-hybridized carbons (Fsp3) is 0.647. The maximum atomic E-state index is 6.52. The highest BCUT2D eigenvalue weighted by atomic mass is 35.5. The van der Waals surface area contributed by atoms with Crippen LogP contribution in [0.15, 0.2) is 12.1 Å². The highest BCUT2D eigenvalue weighted by Crippen LogP contribution is 2.43. The Bertz CT molecular complexity index is 460. The minimum absolute atomic E-state index is 0.311. The second kappa shape index (κ2) is 7.90. The molecule has 2 rings (SSSR count). The van der Waals surface area contributed by atoms with Crippen LogP contribution in [0.4, 0.5) is 0 Å². The van der Waals surface area contributed by atoms with E-state index >= 15 is 0 Å². The first kappa shape index (κ1) is 16.4. The van der Waals surface area contributed by atoms with Gasteiger partial charge in [-0.25, -0.2) is 0 Å². The third kappa shape index (κ3) is 3.83. The summed E-state index contributed by atoms with van der Waals surface area (Å²) in [5.74, 6) is 2.20. The molecule has 1 saturated carbocycles. The van der Waals surface area contributed by atoms with Gasteiger partial charge in [0.1, 0.15) is 0 Å². The molecule has 4 heteroatoms. The van der Waals surface area contributed by atoms with Crippen LogP contribution in [-0.4, -0.2) is 19.8 Å². The lowest BCUT2D eigenvalue weighted by Gasteiger charge is -2.35. The normalized spacial score (nSPS) is 16.4. The van der Waals surface area contributed by atoms with Crippen molar-refractivity contribution in [2.75, 3.05) is 19.8 Å². The van der Waals surface area contributed by atoms with E-state index in [-0.39, 0.29) is 0 Å². The highest BCUT2D eigenvalue weighted by Gasteiger charge is 2.30. The van der Waals surface area contributed by atoms with E-state index in [4.69, 9.17) is 21.1 Å². The van der Waals surface area contributed by atoms with E-state index in [1.165, 1.54) is 19.3 Å². The molecule has 1 aromatic carbocycles. The number of nitrogens with one attached hydrogen (secondary N) is 1. The van der Waals surface area contributed by atoms with E-state index in [1.54, 1.807) is 0 Å². The van der Waals surface area contributed by atoms with Crippen molar-refractivity contribution in [3.63, 3.8) is 0 Å². The van der Waals surface area contributed by atoms with Crippen LogP contribution in [0.5, 0.6) is 11.5 Å². The number of rotatable bonds is 8. The molecule has 0 aliphatic heterocycles. The van der Waals surface area contributed by atoms with Gasteiger partial charge in [-0.3, -0.25) is 0 Å². The fourth-order valence-electron chi connectivity index (χ4n) is 2.85. The van der Waals surface area contributed by atoms with Gasteiger partial charge < -0.3 is 14.8 Å². The second-order valence-electron chi connectivity index (χ2n) is 5.41. The lowest BCUT2D eigenvalue weighted by Crippen LogP contribution is -2.32. The Hall–Kier alpha value is -0.930. The lowest BCUT2D eigenvalue weighted by atomic mass is 9.77. The first-order valence-corrected chi connectivity index (χ1v) is 8.41. The SMILES string of the molecule is CCNC(c1cc(OCC)c(OCC)cc1Cl)C1CCC1. The van der Waals surface area contributed by atoms with E-state index < -0.39 is 0 Å². The van der Waals surface area contributed by atoms with E-state index in [9.17, 15) is 0 Å². The zero-order valence-electron chi connectivity index (χ0n) is 13.2. The van der Waals surface area contributed by atoms with Crippen LogP contribution in [0.3, 0.4) is 0 Å². The van der Waals surface area contributed by atoms with Crippen molar-refractivity contribution in [2.45, 2.75) is 46.1 Å². The summed E-state index contributed by atoms with van der Waals surface area (Å²) in [7, 11) is 0. The molecule has 0 amide bonds. The molecule has 0 bridgehead atoms. The summed E-state index contributed by atoms with van der Waals surface area (Å²) in [5, 5.41) is 4.35. The molecule has 0 spiro atoms. The minimum Gasteiger partial charge on any atom is -0.490 e. The van der Waals surface area contributed by atoms with Crippen LogP contribution >= 0.6 is 11.6 Å². The van der Waals surface area contributed by atoms with Crippen LogP contribution in [-0.2, 0) is 0 Å². The Morgan fingerprint density at radius 3 is 2.24 bits per heavy atom. The third-order valence-electron chi connectivity index (χ3n) is 4.04. The molecule has 21 heavy (non-hydrogen) atoms. The fourth-order valence-corrected chi connectivity index (χ4v) is 3.12. The summed E-state index contributed by atoms with van der Waals surface area (Å²) in [6, 6.07) is 4.27. The zero-order chi connectivity index (χ0) is 15.2. The summed E-state index contributed by atoms with van der Waals surface area (Å²) in [5.41, 5.74) is 1.13. The van der Waals surface area contributed by atoms with Gasteiger partial charge in [-0.15, -0.1) is 0 Å². The maximum absolute atomic E-state index is 6.52. The van der Waals surface area contributed by atoms with Crippen LogP contribution in [0, 0.1) is 5.92 Å². The molecule has 0 saturated heterocycles. The van der Waals surface area contributed by atoms with Crippen molar-refractivity contribution in [3.8, 4) is 11.5 Å². The average molecular weight is 312 g/mol. The largest absolute Gasteiger partial charge is 0.490 e. The quantitative estimate of drug-likeness (QED) is 0.761. The van der Waals surface area contributed by atoms with Crippen LogP contribution in [0.1, 0.15) is 51.6 Å². The summed E-state index contributed by atoms with van der Waals surface area (Å²) in [6.07, 6.45) is 3.86. The van der Waals surface area contributed by atoms with Gasteiger partial charge in [0.2, 0.25) is 0 Å². The van der Waals surface area contributed by atoms with Gasteiger partial charge in [-0.1, -0.05) is 24.9 Å². The van der Waals surface area contributed by atoms with Gasteiger partial charge in [-0.2, -0.15) is 0 Å². The minimum atomic E-state index is 0.311. The number of benzene rings is 1. The molecular formula is C17H26ClNO2. The Kier molecular flexibility index (Phi) is 6.19.